The Morgan fingerprint density at radius 2 is 1.86 bits per heavy atom. The highest BCUT2D eigenvalue weighted by Crippen LogP contribution is 2.14. The minimum absolute atomic E-state index is 0.284. The summed E-state index contributed by atoms with van der Waals surface area (Å²) in [4.78, 5) is 13.0. The van der Waals surface area contributed by atoms with Crippen molar-refractivity contribution in [3.05, 3.63) is 35.4 Å². The van der Waals surface area contributed by atoms with Crippen LogP contribution in [-0.2, 0) is 11.2 Å². The summed E-state index contributed by atoms with van der Waals surface area (Å²) in [6.45, 7) is 8.56. The molecule has 0 aromatic heterocycles. The van der Waals surface area contributed by atoms with Gasteiger partial charge in [0.2, 0.25) is 0 Å². The van der Waals surface area contributed by atoms with Gasteiger partial charge in [0.25, 0.3) is 0 Å². The number of aryl methyl sites for hydroxylation is 1. The molecule has 0 saturated heterocycles. The quantitative estimate of drug-likeness (QED) is 0.665. The SMILES string of the molecule is CCC(Cc1ccc(C)cc1)N(CC)CCCCC(=O)O. The minimum Gasteiger partial charge on any atom is -0.481 e. The average Bonchev–Trinajstić information content (AvgIpc) is 2.47. The first kappa shape index (κ1) is 17.7. The van der Waals surface area contributed by atoms with Gasteiger partial charge in [-0.3, -0.25) is 4.79 Å². The highest BCUT2D eigenvalue weighted by atomic mass is 16.4. The first-order chi connectivity index (χ1) is 10.1. The van der Waals surface area contributed by atoms with Crippen LogP contribution in [0.2, 0.25) is 0 Å². The fourth-order valence-electron chi connectivity index (χ4n) is 2.72. The third-order valence-electron chi connectivity index (χ3n) is 4.07. The molecule has 21 heavy (non-hydrogen) atoms. The van der Waals surface area contributed by atoms with Crippen LogP contribution in [0.5, 0.6) is 0 Å². The molecule has 0 fully saturated rings. The Balaban J connectivity index is 2.50. The molecular weight excluding hydrogens is 262 g/mol. The predicted octanol–water partition coefficient (Wildman–Crippen LogP) is 3.89. The second-order valence-corrected chi connectivity index (χ2v) is 5.73. The molecule has 0 saturated carbocycles. The van der Waals surface area contributed by atoms with Gasteiger partial charge in [0.1, 0.15) is 0 Å². The number of likely N-dealkylation sites (N-methyl/N-ethyl adjacent to an activating group) is 1. The van der Waals surface area contributed by atoms with E-state index in [1.807, 2.05) is 0 Å². The van der Waals surface area contributed by atoms with E-state index in [4.69, 9.17) is 5.11 Å². The summed E-state index contributed by atoms with van der Waals surface area (Å²) in [5, 5.41) is 8.69. The number of unbranched alkanes of at least 4 members (excludes halogenated alkanes) is 1. The Hall–Kier alpha value is -1.35. The summed E-state index contributed by atoms with van der Waals surface area (Å²) in [7, 11) is 0. The van der Waals surface area contributed by atoms with E-state index in [9.17, 15) is 4.79 Å². The molecule has 1 aromatic rings. The van der Waals surface area contributed by atoms with Crippen molar-refractivity contribution in [2.45, 2.75) is 58.9 Å². The molecule has 118 valence electrons. The molecule has 0 heterocycles. The Labute approximate surface area is 129 Å². The monoisotopic (exact) mass is 291 g/mol. The van der Waals surface area contributed by atoms with Crippen LogP contribution >= 0.6 is 0 Å². The molecule has 1 N–H and O–H groups in total. The maximum Gasteiger partial charge on any atom is 0.303 e. The zero-order valence-electron chi connectivity index (χ0n) is 13.6. The largest absolute Gasteiger partial charge is 0.481 e. The Morgan fingerprint density at radius 1 is 1.19 bits per heavy atom. The van der Waals surface area contributed by atoms with E-state index in [0.29, 0.717) is 6.04 Å². The number of nitrogens with zero attached hydrogens (tertiary/aromatic N) is 1. The molecule has 0 spiro atoms. The smallest absolute Gasteiger partial charge is 0.303 e. The maximum absolute atomic E-state index is 10.6. The third kappa shape index (κ3) is 6.76. The summed E-state index contributed by atoms with van der Waals surface area (Å²) >= 11 is 0. The van der Waals surface area contributed by atoms with Crippen LogP contribution in [0.15, 0.2) is 24.3 Å². The lowest BCUT2D eigenvalue weighted by molar-refractivity contribution is -0.137. The topological polar surface area (TPSA) is 40.5 Å². The van der Waals surface area contributed by atoms with E-state index in [1.54, 1.807) is 0 Å². The normalized spacial score (nSPS) is 12.6. The summed E-state index contributed by atoms with van der Waals surface area (Å²) in [5.41, 5.74) is 2.68. The molecule has 1 atom stereocenters. The van der Waals surface area contributed by atoms with E-state index in [0.717, 1.165) is 38.8 Å². The Morgan fingerprint density at radius 3 is 2.38 bits per heavy atom. The zero-order chi connectivity index (χ0) is 15.7. The van der Waals surface area contributed by atoms with E-state index < -0.39 is 5.97 Å². The Kier molecular flexibility index (Phi) is 8.06. The van der Waals surface area contributed by atoms with Crippen molar-refractivity contribution >= 4 is 5.97 Å². The summed E-state index contributed by atoms with van der Waals surface area (Å²) in [6, 6.07) is 9.32. The lowest BCUT2D eigenvalue weighted by atomic mass is 10.0. The van der Waals surface area contributed by atoms with Crippen LogP contribution in [0.1, 0.15) is 50.7 Å². The number of hydrogen-bond donors (Lipinski definition) is 1. The number of benzene rings is 1. The summed E-state index contributed by atoms with van der Waals surface area (Å²) in [6.07, 6.45) is 4.22. The molecule has 0 bridgehead atoms. The highest BCUT2D eigenvalue weighted by molar-refractivity contribution is 5.66. The summed E-state index contributed by atoms with van der Waals surface area (Å²) < 4.78 is 0. The number of hydrogen-bond acceptors (Lipinski definition) is 2. The lowest BCUT2D eigenvalue weighted by Crippen LogP contribution is -2.37. The average molecular weight is 291 g/mol. The molecule has 1 aromatic carbocycles. The van der Waals surface area contributed by atoms with Crippen LogP contribution < -0.4 is 0 Å². The number of carboxylic acid groups (broad SMARTS) is 1. The summed E-state index contributed by atoms with van der Waals surface area (Å²) in [5.74, 6) is -0.690. The van der Waals surface area contributed by atoms with Crippen molar-refractivity contribution < 1.29 is 9.90 Å². The number of carbonyl (C=O) groups is 1. The van der Waals surface area contributed by atoms with Crippen LogP contribution in [0.3, 0.4) is 0 Å². The first-order valence-electron chi connectivity index (χ1n) is 8.08. The zero-order valence-corrected chi connectivity index (χ0v) is 13.6. The molecule has 0 aliphatic rings. The van der Waals surface area contributed by atoms with Crippen molar-refractivity contribution in [1.29, 1.82) is 0 Å². The van der Waals surface area contributed by atoms with Gasteiger partial charge in [-0.2, -0.15) is 0 Å². The molecule has 3 heteroatoms. The molecule has 0 radical (unpaired) electrons. The second kappa shape index (κ2) is 9.56. The van der Waals surface area contributed by atoms with Gasteiger partial charge in [0, 0.05) is 12.5 Å². The highest BCUT2D eigenvalue weighted by Gasteiger charge is 2.15. The molecule has 3 nitrogen and oxygen atoms in total. The maximum atomic E-state index is 10.6. The predicted molar refractivity (Wildman–Crippen MR) is 87.7 cm³/mol. The van der Waals surface area contributed by atoms with Crippen molar-refractivity contribution in [3.8, 4) is 0 Å². The lowest BCUT2D eigenvalue weighted by Gasteiger charge is -2.30. The first-order valence-corrected chi connectivity index (χ1v) is 8.08. The standard InChI is InChI=1S/C18H29NO2/c1-4-17(14-16-11-9-15(3)10-12-16)19(5-2)13-7-6-8-18(20)21/h9-12,17H,4-8,13-14H2,1-3H3,(H,20,21). The molecular formula is C18H29NO2. The Bertz CT molecular complexity index is 414. The minimum atomic E-state index is -0.690. The van der Waals surface area contributed by atoms with Crippen LogP contribution in [0.4, 0.5) is 0 Å². The number of aliphatic carboxylic acids is 1. The van der Waals surface area contributed by atoms with Gasteiger partial charge in [0.15, 0.2) is 0 Å². The van der Waals surface area contributed by atoms with Crippen molar-refractivity contribution in [1.82, 2.24) is 4.90 Å². The van der Waals surface area contributed by atoms with Crippen molar-refractivity contribution in [3.63, 3.8) is 0 Å². The fraction of sp³-hybridized carbons (Fsp3) is 0.611. The third-order valence-corrected chi connectivity index (χ3v) is 4.07. The molecule has 0 aliphatic heterocycles. The van der Waals surface area contributed by atoms with Crippen molar-refractivity contribution in [2.24, 2.45) is 0 Å². The van der Waals surface area contributed by atoms with Gasteiger partial charge in [-0.1, -0.05) is 43.7 Å². The van der Waals surface area contributed by atoms with Crippen LogP contribution in [-0.4, -0.2) is 35.1 Å². The van der Waals surface area contributed by atoms with Crippen LogP contribution in [0, 0.1) is 6.92 Å². The van der Waals surface area contributed by atoms with Gasteiger partial charge in [-0.05, 0) is 51.3 Å². The fourth-order valence-corrected chi connectivity index (χ4v) is 2.72. The van der Waals surface area contributed by atoms with Gasteiger partial charge in [-0.25, -0.2) is 0 Å². The molecule has 1 rings (SSSR count). The van der Waals surface area contributed by atoms with E-state index >= 15 is 0 Å². The number of rotatable bonds is 10. The van der Waals surface area contributed by atoms with Gasteiger partial charge >= 0.3 is 5.97 Å². The van der Waals surface area contributed by atoms with E-state index in [1.165, 1.54) is 11.1 Å². The van der Waals surface area contributed by atoms with Gasteiger partial charge < -0.3 is 10.0 Å². The molecule has 0 amide bonds. The second-order valence-electron chi connectivity index (χ2n) is 5.73. The molecule has 1 unspecified atom stereocenters. The molecule has 0 aliphatic carbocycles. The van der Waals surface area contributed by atoms with Gasteiger partial charge in [-0.15, -0.1) is 0 Å². The van der Waals surface area contributed by atoms with Gasteiger partial charge in [0.05, 0.1) is 0 Å². The number of carboxylic acids is 1. The van der Waals surface area contributed by atoms with Crippen molar-refractivity contribution in [2.75, 3.05) is 13.1 Å². The van der Waals surface area contributed by atoms with Crippen LogP contribution in [0.25, 0.3) is 0 Å². The van der Waals surface area contributed by atoms with E-state index in [-0.39, 0.29) is 6.42 Å². The van der Waals surface area contributed by atoms with E-state index in [2.05, 4.69) is 49.9 Å².